The Kier molecular flexibility index (Phi) is 5.25. The first-order valence-electron chi connectivity index (χ1n) is 7.76. The second kappa shape index (κ2) is 7.57. The van der Waals surface area contributed by atoms with E-state index in [9.17, 15) is 4.79 Å². The molecule has 2 heterocycles. The van der Waals surface area contributed by atoms with E-state index in [0.717, 1.165) is 31.4 Å². The summed E-state index contributed by atoms with van der Waals surface area (Å²) in [6.07, 6.45) is 4.96. The Balaban J connectivity index is 1.55. The quantitative estimate of drug-likeness (QED) is 0.910. The highest BCUT2D eigenvalue weighted by atomic mass is 35.5. The van der Waals surface area contributed by atoms with Gasteiger partial charge in [0.1, 0.15) is 0 Å². The van der Waals surface area contributed by atoms with E-state index in [1.807, 2.05) is 24.3 Å². The van der Waals surface area contributed by atoms with Crippen molar-refractivity contribution in [2.24, 2.45) is 0 Å². The molecule has 122 valence electrons. The molecule has 3 rings (SSSR count). The van der Waals surface area contributed by atoms with Crippen molar-refractivity contribution in [2.75, 3.05) is 13.2 Å². The molecule has 1 saturated heterocycles. The van der Waals surface area contributed by atoms with Crippen LogP contribution < -0.4 is 5.32 Å². The van der Waals surface area contributed by atoms with Gasteiger partial charge < -0.3 is 10.1 Å². The smallest absolute Gasteiger partial charge is 0.273 e. The fraction of sp³-hybridized carbons (Fsp3) is 0.438. The number of nitrogens with one attached hydrogen (secondary N) is 1. The Morgan fingerprint density at radius 2 is 2.26 bits per heavy atom. The lowest BCUT2D eigenvalue weighted by Gasteiger charge is -2.22. The molecule has 1 aliphatic heterocycles. The van der Waals surface area contributed by atoms with Crippen molar-refractivity contribution in [3.05, 3.63) is 46.7 Å². The molecule has 23 heavy (non-hydrogen) atoms. The number of hydrogen-bond donors (Lipinski definition) is 1. The number of benzene rings is 1. The van der Waals surface area contributed by atoms with Crippen LogP contribution in [0.15, 0.2) is 30.5 Å². The third kappa shape index (κ3) is 4.30. The topological polar surface area (TPSA) is 69.0 Å². The van der Waals surface area contributed by atoms with Crippen LogP contribution in [0.5, 0.6) is 0 Å². The number of rotatable bonds is 5. The summed E-state index contributed by atoms with van der Waals surface area (Å²) in [5, 5.41) is 11.4. The molecule has 0 bridgehead atoms. The van der Waals surface area contributed by atoms with Gasteiger partial charge in [0.15, 0.2) is 5.69 Å². The molecule has 1 aromatic heterocycles. The van der Waals surface area contributed by atoms with Gasteiger partial charge in [-0.1, -0.05) is 35.0 Å². The Labute approximate surface area is 139 Å². The number of carbonyl (C=O) groups is 1. The summed E-state index contributed by atoms with van der Waals surface area (Å²) in [5.74, 6) is -0.232. The minimum atomic E-state index is -0.232. The van der Waals surface area contributed by atoms with Crippen molar-refractivity contribution in [2.45, 2.75) is 31.9 Å². The Morgan fingerprint density at radius 3 is 3.04 bits per heavy atom. The second-order valence-corrected chi connectivity index (χ2v) is 6.00. The van der Waals surface area contributed by atoms with Crippen LogP contribution in [-0.4, -0.2) is 40.2 Å². The van der Waals surface area contributed by atoms with Crippen LogP contribution in [0.1, 0.15) is 35.3 Å². The molecule has 0 unspecified atom stereocenters. The van der Waals surface area contributed by atoms with Crippen molar-refractivity contribution in [1.82, 2.24) is 20.3 Å². The SMILES string of the molecule is O=C(NC[C@H]1CCCCO1)c1cn(Cc2ccccc2Cl)nn1. The zero-order valence-corrected chi connectivity index (χ0v) is 13.5. The van der Waals surface area contributed by atoms with E-state index in [1.165, 1.54) is 0 Å². The predicted octanol–water partition coefficient (Wildman–Crippen LogP) is 2.28. The minimum Gasteiger partial charge on any atom is -0.376 e. The van der Waals surface area contributed by atoms with Crippen molar-refractivity contribution in [3.63, 3.8) is 0 Å². The normalized spacial score (nSPS) is 17.9. The van der Waals surface area contributed by atoms with Crippen LogP contribution in [0.4, 0.5) is 0 Å². The van der Waals surface area contributed by atoms with E-state index in [4.69, 9.17) is 16.3 Å². The highest BCUT2D eigenvalue weighted by Gasteiger charge is 2.17. The molecule has 1 aliphatic rings. The van der Waals surface area contributed by atoms with Crippen LogP contribution in [0.3, 0.4) is 0 Å². The van der Waals surface area contributed by atoms with Gasteiger partial charge in [0, 0.05) is 18.2 Å². The summed E-state index contributed by atoms with van der Waals surface area (Å²) in [4.78, 5) is 12.1. The van der Waals surface area contributed by atoms with E-state index >= 15 is 0 Å². The highest BCUT2D eigenvalue weighted by molar-refractivity contribution is 6.31. The molecule has 6 nitrogen and oxygen atoms in total. The molecular formula is C16H19ClN4O2. The fourth-order valence-corrected chi connectivity index (χ4v) is 2.74. The van der Waals surface area contributed by atoms with Gasteiger partial charge in [-0.15, -0.1) is 5.10 Å². The van der Waals surface area contributed by atoms with Crippen LogP contribution in [-0.2, 0) is 11.3 Å². The number of carbonyl (C=O) groups excluding carboxylic acids is 1. The molecular weight excluding hydrogens is 316 g/mol. The van der Waals surface area contributed by atoms with Crippen molar-refractivity contribution in [3.8, 4) is 0 Å². The molecule has 0 saturated carbocycles. The maximum absolute atomic E-state index is 12.1. The number of nitrogens with zero attached hydrogens (tertiary/aromatic N) is 3. The molecule has 0 spiro atoms. The monoisotopic (exact) mass is 334 g/mol. The molecule has 7 heteroatoms. The number of ether oxygens (including phenoxy) is 1. The van der Waals surface area contributed by atoms with E-state index in [-0.39, 0.29) is 12.0 Å². The van der Waals surface area contributed by atoms with Gasteiger partial charge in [0.05, 0.1) is 18.8 Å². The molecule has 1 amide bonds. The predicted molar refractivity (Wildman–Crippen MR) is 86.5 cm³/mol. The highest BCUT2D eigenvalue weighted by Crippen LogP contribution is 2.16. The van der Waals surface area contributed by atoms with Crippen LogP contribution in [0.25, 0.3) is 0 Å². The van der Waals surface area contributed by atoms with Gasteiger partial charge in [0.25, 0.3) is 5.91 Å². The third-order valence-electron chi connectivity index (χ3n) is 3.83. The maximum atomic E-state index is 12.1. The number of hydrogen-bond acceptors (Lipinski definition) is 4. The molecule has 1 aromatic carbocycles. The summed E-state index contributed by atoms with van der Waals surface area (Å²) in [6, 6.07) is 7.53. The fourth-order valence-electron chi connectivity index (χ4n) is 2.55. The molecule has 1 fully saturated rings. The zero-order chi connectivity index (χ0) is 16.1. The van der Waals surface area contributed by atoms with Gasteiger partial charge >= 0.3 is 0 Å². The summed E-state index contributed by atoms with van der Waals surface area (Å²) in [7, 11) is 0. The van der Waals surface area contributed by atoms with Crippen LogP contribution in [0.2, 0.25) is 5.02 Å². The summed E-state index contributed by atoms with van der Waals surface area (Å²) in [5.41, 5.74) is 1.23. The minimum absolute atomic E-state index is 0.103. The molecule has 0 radical (unpaired) electrons. The maximum Gasteiger partial charge on any atom is 0.273 e. The van der Waals surface area contributed by atoms with Crippen molar-refractivity contribution < 1.29 is 9.53 Å². The lowest BCUT2D eigenvalue weighted by Crippen LogP contribution is -2.35. The number of halogens is 1. The first-order valence-corrected chi connectivity index (χ1v) is 8.13. The summed E-state index contributed by atoms with van der Waals surface area (Å²) >= 11 is 6.12. The van der Waals surface area contributed by atoms with Crippen molar-refractivity contribution in [1.29, 1.82) is 0 Å². The lowest BCUT2D eigenvalue weighted by molar-refractivity contribution is 0.0168. The average Bonchev–Trinajstić information content (AvgIpc) is 3.04. The molecule has 1 N–H and O–H groups in total. The van der Waals surface area contributed by atoms with Gasteiger partial charge in [0.2, 0.25) is 0 Å². The zero-order valence-electron chi connectivity index (χ0n) is 12.7. The first-order chi connectivity index (χ1) is 11.2. The van der Waals surface area contributed by atoms with Gasteiger partial charge in [-0.3, -0.25) is 4.79 Å². The Morgan fingerprint density at radius 1 is 1.39 bits per heavy atom. The van der Waals surface area contributed by atoms with Crippen LogP contribution >= 0.6 is 11.6 Å². The summed E-state index contributed by atoms with van der Waals surface area (Å²) in [6.45, 7) is 1.76. The van der Waals surface area contributed by atoms with Gasteiger partial charge in [-0.2, -0.15) is 0 Å². The lowest BCUT2D eigenvalue weighted by atomic mass is 10.1. The van der Waals surface area contributed by atoms with E-state index < -0.39 is 0 Å². The van der Waals surface area contributed by atoms with Gasteiger partial charge in [-0.05, 0) is 30.9 Å². The summed E-state index contributed by atoms with van der Waals surface area (Å²) < 4.78 is 7.20. The Bertz CT molecular complexity index is 668. The molecule has 0 aliphatic carbocycles. The van der Waals surface area contributed by atoms with E-state index in [2.05, 4.69) is 15.6 Å². The molecule has 2 aromatic rings. The average molecular weight is 335 g/mol. The van der Waals surface area contributed by atoms with Crippen molar-refractivity contribution >= 4 is 17.5 Å². The standard InChI is InChI=1S/C16H19ClN4O2/c17-14-7-2-1-5-12(14)10-21-11-15(19-20-21)16(22)18-9-13-6-3-4-8-23-13/h1-2,5,7,11,13H,3-4,6,8-10H2,(H,18,22)/t13-/m1/s1. The third-order valence-corrected chi connectivity index (χ3v) is 4.19. The number of aromatic nitrogens is 3. The number of amides is 1. The van der Waals surface area contributed by atoms with Gasteiger partial charge in [-0.25, -0.2) is 4.68 Å². The van der Waals surface area contributed by atoms with E-state index in [1.54, 1.807) is 10.9 Å². The molecule has 1 atom stereocenters. The van der Waals surface area contributed by atoms with Crippen LogP contribution in [0, 0.1) is 0 Å². The largest absolute Gasteiger partial charge is 0.376 e. The van der Waals surface area contributed by atoms with E-state index in [0.29, 0.717) is 23.8 Å². The first kappa shape index (κ1) is 16.0. The second-order valence-electron chi connectivity index (χ2n) is 5.59. The Hall–Kier alpha value is -1.92.